The van der Waals surface area contributed by atoms with Crippen LogP contribution in [0.4, 0.5) is 0 Å². The number of ether oxygens (including phenoxy) is 1. The Balaban J connectivity index is 2.70. The summed E-state index contributed by atoms with van der Waals surface area (Å²) in [4.78, 5) is 23.2. The second-order valence-corrected chi connectivity index (χ2v) is 7.63. The highest BCUT2D eigenvalue weighted by molar-refractivity contribution is 5.95. The van der Waals surface area contributed by atoms with Crippen molar-refractivity contribution in [3.05, 3.63) is 58.2 Å². The number of esters is 1. The van der Waals surface area contributed by atoms with Crippen LogP contribution < -0.4 is 0 Å². The third-order valence-corrected chi connectivity index (χ3v) is 4.65. The first-order valence-corrected chi connectivity index (χ1v) is 9.84. The van der Waals surface area contributed by atoms with Gasteiger partial charge < -0.3 is 20.1 Å². The fourth-order valence-corrected chi connectivity index (χ4v) is 2.81. The quantitative estimate of drug-likeness (QED) is 0.231. The molecule has 3 N–H and O–H groups in total. The predicted molar refractivity (Wildman–Crippen MR) is 116 cm³/mol. The molecule has 0 radical (unpaired) electrons. The molecule has 0 fully saturated rings. The smallest absolute Gasteiger partial charge is 0.310 e. The maximum absolute atomic E-state index is 11.9. The van der Waals surface area contributed by atoms with E-state index in [-0.39, 0.29) is 23.7 Å². The number of hydrogen-bond acceptors (Lipinski definition) is 6. The van der Waals surface area contributed by atoms with Crippen LogP contribution in [0.3, 0.4) is 0 Å². The molecule has 0 heterocycles. The molecule has 0 aromatic heterocycles. The van der Waals surface area contributed by atoms with Crippen LogP contribution in [0, 0.1) is 0 Å². The third kappa shape index (κ3) is 8.25. The van der Waals surface area contributed by atoms with Crippen LogP contribution in [0.1, 0.15) is 51.7 Å². The standard InChI is InChI=1S/C24H32O6/c1-15(2)11-22(27)24(29)17(4)8-6-7-16(3)9-10-18-12-21(26)19(13-20(18)25)14-23(28)30-5/h8-9,11-13,24-26,29H,6-7,10,14H2,1-5H3/b16-9+,17-8+/t24-/m0/s1. The van der Waals surface area contributed by atoms with Crippen molar-refractivity contribution >= 4 is 11.8 Å². The van der Waals surface area contributed by atoms with Gasteiger partial charge in [-0.3, -0.25) is 9.59 Å². The molecule has 0 amide bonds. The van der Waals surface area contributed by atoms with Crippen molar-refractivity contribution in [2.45, 2.75) is 59.5 Å². The Labute approximate surface area is 178 Å². The number of hydrogen-bond donors (Lipinski definition) is 3. The SMILES string of the molecule is COC(=O)Cc1cc(O)c(C/C=C(\C)CC/C=C(\C)[C@H](O)C(=O)C=C(C)C)cc1O. The lowest BCUT2D eigenvalue weighted by atomic mass is 10.0. The van der Waals surface area contributed by atoms with E-state index in [0.29, 0.717) is 29.5 Å². The van der Waals surface area contributed by atoms with Crippen molar-refractivity contribution in [3.8, 4) is 11.5 Å². The number of methoxy groups -OCH3 is 1. The largest absolute Gasteiger partial charge is 0.508 e. The fraction of sp³-hybridized carbons (Fsp3) is 0.417. The van der Waals surface area contributed by atoms with Crippen molar-refractivity contribution in [1.29, 1.82) is 0 Å². The summed E-state index contributed by atoms with van der Waals surface area (Å²) < 4.78 is 4.57. The monoisotopic (exact) mass is 416 g/mol. The van der Waals surface area contributed by atoms with Gasteiger partial charge in [0.2, 0.25) is 0 Å². The van der Waals surface area contributed by atoms with Gasteiger partial charge in [-0.2, -0.15) is 0 Å². The van der Waals surface area contributed by atoms with Crippen LogP contribution in [-0.2, 0) is 27.2 Å². The molecule has 6 heteroatoms. The zero-order chi connectivity index (χ0) is 22.8. The number of aliphatic hydroxyl groups excluding tert-OH is 1. The van der Waals surface area contributed by atoms with E-state index < -0.39 is 12.1 Å². The number of carbonyl (C=O) groups excluding carboxylic acids is 2. The molecule has 0 aliphatic rings. The van der Waals surface area contributed by atoms with Crippen LogP contribution in [-0.4, -0.2) is 40.3 Å². The molecule has 1 rings (SSSR count). The van der Waals surface area contributed by atoms with Gasteiger partial charge in [-0.25, -0.2) is 0 Å². The predicted octanol–water partition coefficient (Wildman–Crippen LogP) is 3.92. The minimum absolute atomic E-state index is 0.00685. The molecule has 0 aliphatic carbocycles. The minimum Gasteiger partial charge on any atom is -0.508 e. The number of phenols is 2. The van der Waals surface area contributed by atoms with Crippen molar-refractivity contribution in [1.82, 2.24) is 0 Å². The second kappa shape index (κ2) is 12.0. The first-order valence-electron chi connectivity index (χ1n) is 9.84. The molecular formula is C24H32O6. The maximum Gasteiger partial charge on any atom is 0.310 e. The number of aromatic hydroxyl groups is 2. The second-order valence-electron chi connectivity index (χ2n) is 7.63. The molecule has 30 heavy (non-hydrogen) atoms. The van der Waals surface area contributed by atoms with Crippen molar-refractivity contribution in [3.63, 3.8) is 0 Å². The number of rotatable bonds is 10. The summed E-state index contributed by atoms with van der Waals surface area (Å²) in [6.45, 7) is 7.30. The van der Waals surface area contributed by atoms with E-state index in [2.05, 4.69) is 4.74 Å². The van der Waals surface area contributed by atoms with Crippen LogP contribution in [0.5, 0.6) is 11.5 Å². The zero-order valence-electron chi connectivity index (χ0n) is 18.4. The highest BCUT2D eigenvalue weighted by Crippen LogP contribution is 2.29. The van der Waals surface area contributed by atoms with Crippen molar-refractivity contribution in [2.75, 3.05) is 7.11 Å². The lowest BCUT2D eigenvalue weighted by molar-refractivity contribution is -0.139. The van der Waals surface area contributed by atoms with Gasteiger partial charge in [0.1, 0.15) is 17.6 Å². The number of carbonyl (C=O) groups is 2. The summed E-state index contributed by atoms with van der Waals surface area (Å²) >= 11 is 0. The van der Waals surface area contributed by atoms with Crippen molar-refractivity contribution in [2.24, 2.45) is 0 Å². The number of ketones is 1. The topological polar surface area (TPSA) is 104 Å². The Morgan fingerprint density at radius 1 is 1.03 bits per heavy atom. The van der Waals surface area contributed by atoms with Gasteiger partial charge in [-0.1, -0.05) is 23.3 Å². The van der Waals surface area contributed by atoms with Gasteiger partial charge in [0.05, 0.1) is 13.5 Å². The average molecular weight is 417 g/mol. The highest BCUT2D eigenvalue weighted by Gasteiger charge is 2.14. The Morgan fingerprint density at radius 2 is 1.63 bits per heavy atom. The highest BCUT2D eigenvalue weighted by atomic mass is 16.5. The molecule has 0 saturated carbocycles. The molecule has 0 spiro atoms. The normalized spacial score (nSPS) is 13.0. The minimum atomic E-state index is -1.12. The van der Waals surface area contributed by atoms with E-state index in [1.54, 1.807) is 6.92 Å². The summed E-state index contributed by atoms with van der Waals surface area (Å²) in [7, 11) is 1.26. The summed E-state index contributed by atoms with van der Waals surface area (Å²) in [5.74, 6) is -0.869. The van der Waals surface area contributed by atoms with Gasteiger partial charge in [0.15, 0.2) is 5.78 Å². The average Bonchev–Trinajstić information content (AvgIpc) is 2.67. The third-order valence-electron chi connectivity index (χ3n) is 4.65. The first kappa shape index (κ1) is 25.2. The number of phenolic OH excluding ortho intramolecular Hbond substituents is 2. The van der Waals surface area contributed by atoms with Gasteiger partial charge in [-0.15, -0.1) is 0 Å². The Hall–Kier alpha value is -2.86. The van der Waals surface area contributed by atoms with E-state index in [1.807, 2.05) is 32.9 Å². The van der Waals surface area contributed by atoms with Crippen LogP contribution in [0.15, 0.2) is 47.1 Å². The lowest BCUT2D eigenvalue weighted by Crippen LogP contribution is -2.19. The molecular weight excluding hydrogens is 384 g/mol. The van der Waals surface area contributed by atoms with Crippen molar-refractivity contribution < 1.29 is 29.6 Å². The molecule has 0 unspecified atom stereocenters. The maximum atomic E-state index is 11.9. The summed E-state index contributed by atoms with van der Waals surface area (Å²) in [6.07, 6.45) is 5.83. The van der Waals surface area contributed by atoms with E-state index in [0.717, 1.165) is 17.6 Å². The van der Waals surface area contributed by atoms with E-state index in [9.17, 15) is 24.9 Å². The fourth-order valence-electron chi connectivity index (χ4n) is 2.81. The number of benzene rings is 1. The van der Waals surface area contributed by atoms with Gasteiger partial charge in [0.25, 0.3) is 0 Å². The molecule has 0 saturated heterocycles. The molecule has 1 aromatic rings. The van der Waals surface area contributed by atoms with Crippen LogP contribution >= 0.6 is 0 Å². The Kier molecular flexibility index (Phi) is 10.1. The number of aliphatic hydroxyl groups is 1. The van der Waals surface area contributed by atoms with E-state index >= 15 is 0 Å². The summed E-state index contributed by atoms with van der Waals surface area (Å²) in [5, 5.41) is 30.3. The number of allylic oxidation sites excluding steroid dienone is 4. The van der Waals surface area contributed by atoms with Crippen LogP contribution in [0.2, 0.25) is 0 Å². The molecule has 0 bridgehead atoms. The van der Waals surface area contributed by atoms with Crippen LogP contribution in [0.25, 0.3) is 0 Å². The van der Waals surface area contributed by atoms with Gasteiger partial charge in [0, 0.05) is 11.1 Å². The summed E-state index contributed by atoms with van der Waals surface area (Å²) in [5.41, 5.74) is 3.40. The molecule has 1 atom stereocenters. The molecule has 0 aliphatic heterocycles. The zero-order valence-corrected chi connectivity index (χ0v) is 18.4. The molecule has 6 nitrogen and oxygen atoms in total. The molecule has 1 aromatic carbocycles. The summed E-state index contributed by atoms with van der Waals surface area (Å²) in [6, 6.07) is 2.83. The van der Waals surface area contributed by atoms with Gasteiger partial charge >= 0.3 is 5.97 Å². The lowest BCUT2D eigenvalue weighted by Gasteiger charge is -2.09. The Bertz CT molecular complexity index is 857. The molecule has 164 valence electrons. The van der Waals surface area contributed by atoms with E-state index in [4.69, 9.17) is 0 Å². The first-order chi connectivity index (χ1) is 14.0. The van der Waals surface area contributed by atoms with Gasteiger partial charge in [-0.05, 0) is 70.7 Å². The Morgan fingerprint density at radius 3 is 2.23 bits per heavy atom. The van der Waals surface area contributed by atoms with E-state index in [1.165, 1.54) is 25.3 Å².